The van der Waals surface area contributed by atoms with Gasteiger partial charge in [-0.15, -0.1) is 0 Å². The Balaban J connectivity index is 2.26. The van der Waals surface area contributed by atoms with Gasteiger partial charge in [0, 0.05) is 19.0 Å². The second-order valence-corrected chi connectivity index (χ2v) is 6.40. The van der Waals surface area contributed by atoms with Crippen LogP contribution in [0.5, 0.6) is 0 Å². The molecule has 1 saturated heterocycles. The Labute approximate surface area is 122 Å². The number of unbranched alkanes of at least 4 members (excludes halogenated alkanes) is 2. The summed E-state index contributed by atoms with van der Waals surface area (Å²) in [6, 6.07) is 2.35. The highest BCUT2D eigenvalue weighted by atomic mass is 16.6. The Bertz CT molecular complexity index is 344. The Morgan fingerprint density at radius 1 is 1.45 bits per heavy atom. The summed E-state index contributed by atoms with van der Waals surface area (Å²) in [5.41, 5.74) is -0.449. The minimum Gasteiger partial charge on any atom is -0.444 e. The van der Waals surface area contributed by atoms with Crippen molar-refractivity contribution < 1.29 is 9.53 Å². The predicted molar refractivity (Wildman–Crippen MR) is 78.3 cm³/mol. The summed E-state index contributed by atoms with van der Waals surface area (Å²) in [5.74, 6) is 0. The number of hydrogen-bond acceptors (Lipinski definition) is 4. The van der Waals surface area contributed by atoms with Crippen molar-refractivity contribution in [1.82, 2.24) is 10.2 Å². The van der Waals surface area contributed by atoms with E-state index in [0.717, 1.165) is 45.3 Å². The molecule has 0 bridgehead atoms. The summed E-state index contributed by atoms with van der Waals surface area (Å²) in [7, 11) is 0. The van der Waals surface area contributed by atoms with Crippen molar-refractivity contribution in [1.29, 1.82) is 5.26 Å². The van der Waals surface area contributed by atoms with E-state index in [-0.39, 0.29) is 12.1 Å². The summed E-state index contributed by atoms with van der Waals surface area (Å²) in [6.07, 6.45) is 4.41. The number of amides is 1. The van der Waals surface area contributed by atoms with Crippen LogP contribution in [0.15, 0.2) is 0 Å². The first-order chi connectivity index (χ1) is 9.40. The van der Waals surface area contributed by atoms with E-state index in [1.165, 1.54) is 0 Å². The van der Waals surface area contributed by atoms with Gasteiger partial charge in [-0.2, -0.15) is 5.26 Å². The number of nitrogens with one attached hydrogen (secondary N) is 1. The lowest BCUT2D eigenvalue weighted by Crippen LogP contribution is -2.49. The first-order valence-electron chi connectivity index (χ1n) is 7.49. The number of rotatable bonds is 5. The van der Waals surface area contributed by atoms with Crippen LogP contribution in [0.4, 0.5) is 4.79 Å². The molecular weight excluding hydrogens is 254 g/mol. The number of likely N-dealkylation sites (tertiary alicyclic amines) is 1. The van der Waals surface area contributed by atoms with Crippen molar-refractivity contribution in [2.45, 2.75) is 64.5 Å². The van der Waals surface area contributed by atoms with Crippen LogP contribution in [-0.2, 0) is 4.74 Å². The summed E-state index contributed by atoms with van der Waals surface area (Å²) in [4.78, 5) is 14.1. The molecule has 0 aliphatic carbocycles. The third-order valence-electron chi connectivity index (χ3n) is 3.24. The van der Waals surface area contributed by atoms with Gasteiger partial charge in [0.15, 0.2) is 0 Å². The van der Waals surface area contributed by atoms with Gasteiger partial charge in [0.05, 0.1) is 6.07 Å². The molecule has 0 radical (unpaired) electrons. The number of ether oxygens (including phenoxy) is 1. The number of hydrogen-bond donors (Lipinski definition) is 1. The van der Waals surface area contributed by atoms with Gasteiger partial charge in [-0.05, 0) is 59.5 Å². The molecule has 5 nitrogen and oxygen atoms in total. The van der Waals surface area contributed by atoms with E-state index in [1.807, 2.05) is 20.8 Å². The van der Waals surface area contributed by atoms with Gasteiger partial charge < -0.3 is 15.0 Å². The van der Waals surface area contributed by atoms with E-state index < -0.39 is 5.60 Å². The summed E-state index contributed by atoms with van der Waals surface area (Å²) < 4.78 is 5.28. The van der Waals surface area contributed by atoms with Crippen molar-refractivity contribution in [3.63, 3.8) is 0 Å². The molecule has 1 fully saturated rings. The highest BCUT2D eigenvalue weighted by Gasteiger charge is 2.23. The van der Waals surface area contributed by atoms with Crippen molar-refractivity contribution in [3.8, 4) is 6.07 Å². The van der Waals surface area contributed by atoms with Gasteiger partial charge in [-0.1, -0.05) is 0 Å². The fourth-order valence-electron chi connectivity index (χ4n) is 2.39. The molecule has 1 rings (SSSR count). The van der Waals surface area contributed by atoms with Crippen LogP contribution in [-0.4, -0.2) is 42.3 Å². The van der Waals surface area contributed by atoms with Crippen LogP contribution in [0.1, 0.15) is 52.9 Å². The van der Waals surface area contributed by atoms with Gasteiger partial charge in [0.25, 0.3) is 0 Å². The normalized spacial score (nSPS) is 20.2. The molecule has 114 valence electrons. The molecule has 0 aromatic carbocycles. The molecule has 0 saturated carbocycles. The molecular formula is C15H27N3O2. The van der Waals surface area contributed by atoms with Crippen molar-refractivity contribution in [2.24, 2.45) is 0 Å². The topological polar surface area (TPSA) is 65.4 Å². The van der Waals surface area contributed by atoms with Crippen LogP contribution in [0.25, 0.3) is 0 Å². The standard InChI is InChI=1S/C15H27N3O2/c1-15(2,3)20-14(19)17-13-8-7-11-18(12-13)10-6-4-5-9-16/h13H,4-8,10-12H2,1-3H3,(H,17,19)/t13-/m1/s1. The minimum absolute atomic E-state index is 0.176. The Kier molecular flexibility index (Phi) is 6.80. The molecule has 1 amide bonds. The van der Waals surface area contributed by atoms with Gasteiger partial charge in [0.1, 0.15) is 5.60 Å². The van der Waals surface area contributed by atoms with Crippen LogP contribution < -0.4 is 5.32 Å². The molecule has 0 aromatic rings. The largest absolute Gasteiger partial charge is 0.444 e. The zero-order chi connectivity index (χ0) is 15.0. The summed E-state index contributed by atoms with van der Waals surface area (Å²) in [6.45, 7) is 8.58. The minimum atomic E-state index is -0.449. The van der Waals surface area contributed by atoms with E-state index in [4.69, 9.17) is 10.00 Å². The number of nitriles is 1. The lowest BCUT2D eigenvalue weighted by Gasteiger charge is -2.33. The Morgan fingerprint density at radius 2 is 2.20 bits per heavy atom. The second kappa shape index (κ2) is 8.11. The third kappa shape index (κ3) is 7.34. The zero-order valence-corrected chi connectivity index (χ0v) is 12.9. The summed E-state index contributed by atoms with van der Waals surface area (Å²) in [5, 5.41) is 11.5. The smallest absolute Gasteiger partial charge is 0.407 e. The SMILES string of the molecule is CC(C)(C)OC(=O)N[C@@H]1CCCN(CCCCC#N)C1. The maximum atomic E-state index is 11.7. The average molecular weight is 281 g/mol. The highest BCUT2D eigenvalue weighted by molar-refractivity contribution is 5.68. The van der Waals surface area contributed by atoms with Gasteiger partial charge in [-0.25, -0.2) is 4.79 Å². The maximum Gasteiger partial charge on any atom is 0.407 e. The lowest BCUT2D eigenvalue weighted by atomic mass is 10.1. The number of alkyl carbamates (subject to hydrolysis) is 1. The first-order valence-corrected chi connectivity index (χ1v) is 7.49. The lowest BCUT2D eigenvalue weighted by molar-refractivity contribution is 0.0472. The zero-order valence-electron chi connectivity index (χ0n) is 12.9. The van der Waals surface area contributed by atoms with E-state index in [2.05, 4.69) is 16.3 Å². The monoisotopic (exact) mass is 281 g/mol. The van der Waals surface area contributed by atoms with E-state index in [0.29, 0.717) is 6.42 Å². The number of carbonyl (C=O) groups excluding carboxylic acids is 1. The van der Waals surface area contributed by atoms with Crippen molar-refractivity contribution in [3.05, 3.63) is 0 Å². The molecule has 0 spiro atoms. The molecule has 5 heteroatoms. The predicted octanol–water partition coefficient (Wildman–Crippen LogP) is 2.67. The average Bonchev–Trinajstić information content (AvgIpc) is 2.32. The van der Waals surface area contributed by atoms with Crippen LogP contribution >= 0.6 is 0 Å². The van der Waals surface area contributed by atoms with Crippen LogP contribution in [0.3, 0.4) is 0 Å². The molecule has 0 aromatic heterocycles. The molecule has 1 N–H and O–H groups in total. The molecule has 1 atom stereocenters. The molecule has 20 heavy (non-hydrogen) atoms. The van der Waals surface area contributed by atoms with Crippen LogP contribution in [0.2, 0.25) is 0 Å². The molecule has 1 heterocycles. The number of nitrogens with zero attached hydrogens (tertiary/aromatic N) is 2. The fourth-order valence-corrected chi connectivity index (χ4v) is 2.39. The molecule has 1 aliphatic heterocycles. The maximum absolute atomic E-state index is 11.7. The first kappa shape index (κ1) is 16.8. The Morgan fingerprint density at radius 3 is 2.85 bits per heavy atom. The van der Waals surface area contributed by atoms with E-state index >= 15 is 0 Å². The summed E-state index contributed by atoms with van der Waals surface area (Å²) >= 11 is 0. The number of piperidine rings is 1. The van der Waals surface area contributed by atoms with Gasteiger partial charge in [-0.3, -0.25) is 0 Å². The van der Waals surface area contributed by atoms with Crippen LogP contribution in [0, 0.1) is 11.3 Å². The van der Waals surface area contributed by atoms with Gasteiger partial charge >= 0.3 is 6.09 Å². The fraction of sp³-hybridized carbons (Fsp3) is 0.867. The molecule has 1 aliphatic rings. The van der Waals surface area contributed by atoms with Crippen molar-refractivity contribution >= 4 is 6.09 Å². The van der Waals surface area contributed by atoms with E-state index in [1.54, 1.807) is 0 Å². The Hall–Kier alpha value is -1.28. The van der Waals surface area contributed by atoms with Crippen molar-refractivity contribution in [2.75, 3.05) is 19.6 Å². The van der Waals surface area contributed by atoms with E-state index in [9.17, 15) is 4.79 Å². The number of carbonyl (C=O) groups is 1. The van der Waals surface area contributed by atoms with Gasteiger partial charge in [0.2, 0.25) is 0 Å². The molecule has 0 unspecified atom stereocenters. The highest BCUT2D eigenvalue weighted by Crippen LogP contribution is 2.13. The third-order valence-corrected chi connectivity index (χ3v) is 3.24. The quantitative estimate of drug-likeness (QED) is 0.787. The second-order valence-electron chi connectivity index (χ2n) is 6.40.